The van der Waals surface area contributed by atoms with E-state index < -0.39 is 0 Å². The molecule has 0 aliphatic rings. The third-order valence-electron chi connectivity index (χ3n) is 2.88. The van der Waals surface area contributed by atoms with E-state index in [4.69, 9.17) is 4.84 Å². The van der Waals surface area contributed by atoms with E-state index >= 15 is 0 Å². The average Bonchev–Trinajstić information content (AvgIpc) is 2.42. The van der Waals surface area contributed by atoms with Gasteiger partial charge in [-0.25, -0.2) is 5.48 Å². The number of amides is 1. The summed E-state index contributed by atoms with van der Waals surface area (Å²) < 4.78 is 0. The average molecular weight is 255 g/mol. The molecular formula is C16H17NO2. The van der Waals surface area contributed by atoms with Crippen LogP contribution in [0.4, 0.5) is 0 Å². The molecule has 0 atom stereocenters. The van der Waals surface area contributed by atoms with Gasteiger partial charge in [-0.15, -0.1) is 0 Å². The predicted molar refractivity (Wildman–Crippen MR) is 74.6 cm³/mol. The molecule has 0 bridgehead atoms. The number of benzene rings is 2. The molecule has 2 aromatic rings. The summed E-state index contributed by atoms with van der Waals surface area (Å²) in [6, 6.07) is 15.5. The molecule has 19 heavy (non-hydrogen) atoms. The predicted octanol–water partition coefficient (Wildman–Crippen LogP) is 3.17. The Labute approximate surface area is 113 Å². The summed E-state index contributed by atoms with van der Waals surface area (Å²) in [7, 11) is 0. The van der Waals surface area contributed by atoms with Crippen molar-refractivity contribution in [1.82, 2.24) is 5.48 Å². The maximum Gasteiger partial charge on any atom is 0.275 e. The standard InChI is InChI=1S/C16H17NO2/c1-12-8-9-13(2)15(10-12)16(18)17-19-11-14-6-4-3-5-7-14/h3-10H,11H2,1-2H3,(H,17,18). The third-order valence-corrected chi connectivity index (χ3v) is 2.88. The Kier molecular flexibility index (Phi) is 4.31. The molecule has 98 valence electrons. The van der Waals surface area contributed by atoms with E-state index in [-0.39, 0.29) is 5.91 Å². The van der Waals surface area contributed by atoms with Gasteiger partial charge in [0, 0.05) is 5.56 Å². The highest BCUT2D eigenvalue weighted by Crippen LogP contribution is 2.10. The molecule has 0 fully saturated rings. The highest BCUT2D eigenvalue weighted by atomic mass is 16.6. The Morgan fingerprint density at radius 1 is 1.11 bits per heavy atom. The zero-order valence-corrected chi connectivity index (χ0v) is 11.1. The van der Waals surface area contributed by atoms with Crippen molar-refractivity contribution < 1.29 is 9.63 Å². The summed E-state index contributed by atoms with van der Waals surface area (Å²) in [5.41, 5.74) is 6.13. The molecule has 0 unspecified atom stereocenters. The molecule has 1 N–H and O–H groups in total. The van der Waals surface area contributed by atoms with Gasteiger partial charge in [-0.3, -0.25) is 9.63 Å². The number of hydrogen-bond acceptors (Lipinski definition) is 2. The third kappa shape index (κ3) is 3.66. The van der Waals surface area contributed by atoms with Crippen LogP contribution >= 0.6 is 0 Å². The number of nitrogens with one attached hydrogen (secondary N) is 1. The molecule has 2 aromatic carbocycles. The zero-order chi connectivity index (χ0) is 13.7. The summed E-state index contributed by atoms with van der Waals surface area (Å²) in [6.45, 7) is 4.23. The van der Waals surface area contributed by atoms with Crippen LogP contribution in [0, 0.1) is 13.8 Å². The van der Waals surface area contributed by atoms with Crippen molar-refractivity contribution in [1.29, 1.82) is 0 Å². The van der Waals surface area contributed by atoms with Crippen LogP contribution in [-0.2, 0) is 11.4 Å². The van der Waals surface area contributed by atoms with Crippen LogP contribution in [0.3, 0.4) is 0 Å². The van der Waals surface area contributed by atoms with Gasteiger partial charge in [-0.05, 0) is 31.0 Å². The highest BCUT2D eigenvalue weighted by molar-refractivity contribution is 5.95. The molecule has 3 nitrogen and oxygen atoms in total. The minimum atomic E-state index is -0.211. The van der Waals surface area contributed by atoms with Gasteiger partial charge in [0.25, 0.3) is 5.91 Å². The Morgan fingerprint density at radius 2 is 1.84 bits per heavy atom. The molecule has 0 spiro atoms. The lowest BCUT2D eigenvalue weighted by Gasteiger charge is -2.08. The molecule has 2 rings (SSSR count). The number of aryl methyl sites for hydroxylation is 2. The fourth-order valence-electron chi connectivity index (χ4n) is 1.79. The second-order valence-electron chi connectivity index (χ2n) is 4.52. The monoisotopic (exact) mass is 255 g/mol. The lowest BCUT2D eigenvalue weighted by atomic mass is 10.1. The number of carbonyl (C=O) groups excluding carboxylic acids is 1. The Hall–Kier alpha value is -2.13. The first-order valence-corrected chi connectivity index (χ1v) is 6.20. The number of carbonyl (C=O) groups is 1. The molecule has 0 aliphatic carbocycles. The van der Waals surface area contributed by atoms with E-state index in [2.05, 4.69) is 5.48 Å². The van der Waals surface area contributed by atoms with E-state index in [1.807, 2.05) is 62.4 Å². The van der Waals surface area contributed by atoms with Crippen LogP contribution in [0.1, 0.15) is 27.0 Å². The second-order valence-corrected chi connectivity index (χ2v) is 4.52. The summed E-state index contributed by atoms with van der Waals surface area (Å²) in [4.78, 5) is 17.2. The van der Waals surface area contributed by atoms with Crippen LogP contribution in [0.2, 0.25) is 0 Å². The second kappa shape index (κ2) is 6.16. The maximum absolute atomic E-state index is 12.0. The molecule has 3 heteroatoms. The maximum atomic E-state index is 12.0. The Morgan fingerprint density at radius 3 is 2.58 bits per heavy atom. The van der Waals surface area contributed by atoms with E-state index in [0.717, 1.165) is 16.7 Å². The summed E-state index contributed by atoms with van der Waals surface area (Å²) in [5, 5.41) is 0. The van der Waals surface area contributed by atoms with E-state index in [1.54, 1.807) is 0 Å². The summed E-state index contributed by atoms with van der Waals surface area (Å²) in [6.07, 6.45) is 0. The smallest absolute Gasteiger partial charge is 0.269 e. The van der Waals surface area contributed by atoms with Crippen molar-refractivity contribution in [2.24, 2.45) is 0 Å². The molecule has 0 saturated heterocycles. The summed E-state index contributed by atoms with van der Waals surface area (Å²) >= 11 is 0. The van der Waals surface area contributed by atoms with Gasteiger partial charge in [0.1, 0.15) is 0 Å². The minimum absolute atomic E-state index is 0.211. The number of rotatable bonds is 4. The largest absolute Gasteiger partial charge is 0.275 e. The van der Waals surface area contributed by atoms with Gasteiger partial charge >= 0.3 is 0 Å². The Balaban J connectivity index is 1.93. The van der Waals surface area contributed by atoms with Crippen LogP contribution in [0.25, 0.3) is 0 Å². The molecule has 0 saturated carbocycles. The van der Waals surface area contributed by atoms with E-state index in [0.29, 0.717) is 12.2 Å². The Bertz CT molecular complexity index is 564. The van der Waals surface area contributed by atoms with E-state index in [1.165, 1.54) is 0 Å². The van der Waals surface area contributed by atoms with Crippen molar-refractivity contribution in [3.05, 3.63) is 70.8 Å². The molecular weight excluding hydrogens is 238 g/mol. The van der Waals surface area contributed by atoms with Crippen molar-refractivity contribution in [2.45, 2.75) is 20.5 Å². The zero-order valence-electron chi connectivity index (χ0n) is 11.1. The quantitative estimate of drug-likeness (QED) is 0.852. The normalized spacial score (nSPS) is 10.2. The van der Waals surface area contributed by atoms with Gasteiger partial charge in [0.15, 0.2) is 0 Å². The van der Waals surface area contributed by atoms with Crippen LogP contribution in [0.5, 0.6) is 0 Å². The van der Waals surface area contributed by atoms with Gasteiger partial charge in [0.05, 0.1) is 6.61 Å². The molecule has 0 aromatic heterocycles. The number of hydroxylamine groups is 1. The fourth-order valence-corrected chi connectivity index (χ4v) is 1.79. The first kappa shape index (κ1) is 13.3. The van der Waals surface area contributed by atoms with Crippen molar-refractivity contribution >= 4 is 5.91 Å². The van der Waals surface area contributed by atoms with Gasteiger partial charge in [0.2, 0.25) is 0 Å². The molecule has 1 amide bonds. The lowest BCUT2D eigenvalue weighted by Crippen LogP contribution is -2.24. The van der Waals surface area contributed by atoms with Crippen molar-refractivity contribution in [3.63, 3.8) is 0 Å². The number of hydrogen-bond donors (Lipinski definition) is 1. The van der Waals surface area contributed by atoms with Gasteiger partial charge in [-0.2, -0.15) is 0 Å². The molecule has 0 radical (unpaired) electrons. The van der Waals surface area contributed by atoms with Crippen LogP contribution in [-0.4, -0.2) is 5.91 Å². The highest BCUT2D eigenvalue weighted by Gasteiger charge is 2.08. The fraction of sp³-hybridized carbons (Fsp3) is 0.188. The van der Waals surface area contributed by atoms with E-state index in [9.17, 15) is 4.79 Å². The van der Waals surface area contributed by atoms with Gasteiger partial charge < -0.3 is 0 Å². The SMILES string of the molecule is Cc1ccc(C)c(C(=O)NOCc2ccccc2)c1. The van der Waals surface area contributed by atoms with Crippen LogP contribution < -0.4 is 5.48 Å². The molecule has 0 aliphatic heterocycles. The lowest BCUT2D eigenvalue weighted by molar-refractivity contribution is 0.0233. The first-order chi connectivity index (χ1) is 9.16. The van der Waals surface area contributed by atoms with Crippen molar-refractivity contribution in [3.8, 4) is 0 Å². The first-order valence-electron chi connectivity index (χ1n) is 6.20. The van der Waals surface area contributed by atoms with Gasteiger partial charge in [-0.1, -0.05) is 48.0 Å². The summed E-state index contributed by atoms with van der Waals surface area (Å²) in [5.74, 6) is -0.211. The molecule has 0 heterocycles. The topological polar surface area (TPSA) is 38.3 Å². The van der Waals surface area contributed by atoms with Crippen LogP contribution in [0.15, 0.2) is 48.5 Å². The minimum Gasteiger partial charge on any atom is -0.269 e. The van der Waals surface area contributed by atoms with Crippen molar-refractivity contribution in [2.75, 3.05) is 0 Å².